The van der Waals surface area contributed by atoms with Crippen molar-refractivity contribution in [1.82, 2.24) is 19.8 Å². The van der Waals surface area contributed by atoms with E-state index in [9.17, 15) is 9.59 Å². The normalized spacial score (nSPS) is 21.1. The van der Waals surface area contributed by atoms with Crippen LogP contribution in [-0.4, -0.2) is 45.0 Å². The van der Waals surface area contributed by atoms with Gasteiger partial charge in [0.2, 0.25) is 5.91 Å². The largest absolute Gasteiger partial charge is 0.497 e. The predicted molar refractivity (Wildman–Crippen MR) is 121 cm³/mol. The van der Waals surface area contributed by atoms with Crippen LogP contribution >= 0.6 is 0 Å². The van der Waals surface area contributed by atoms with E-state index in [0.717, 1.165) is 47.9 Å². The molecule has 1 aliphatic heterocycles. The molecule has 2 aliphatic rings. The van der Waals surface area contributed by atoms with E-state index in [1.54, 1.807) is 24.4 Å². The summed E-state index contributed by atoms with van der Waals surface area (Å²) in [4.78, 5) is 33.3. The number of rotatable bonds is 5. The van der Waals surface area contributed by atoms with E-state index in [4.69, 9.17) is 4.74 Å². The zero-order valence-corrected chi connectivity index (χ0v) is 18.5. The summed E-state index contributed by atoms with van der Waals surface area (Å²) < 4.78 is 7.37. The number of carbonyl (C=O) groups is 2. The number of hydrogen-bond acceptors (Lipinski definition) is 4. The molecule has 1 N–H and O–H groups in total. The number of pyridine rings is 1. The molecule has 3 aromatic rings. The maximum Gasteiger partial charge on any atom is 0.271 e. The van der Waals surface area contributed by atoms with Crippen molar-refractivity contribution in [3.8, 4) is 5.75 Å². The smallest absolute Gasteiger partial charge is 0.271 e. The number of carbonyl (C=O) groups excluding carboxylic acids is 2. The van der Waals surface area contributed by atoms with Crippen LogP contribution in [0.2, 0.25) is 0 Å². The highest BCUT2D eigenvalue weighted by atomic mass is 16.5. The van der Waals surface area contributed by atoms with Gasteiger partial charge in [-0.3, -0.25) is 14.6 Å². The number of amides is 2. The number of nitrogens with zero attached hydrogens (tertiary/aromatic N) is 3. The van der Waals surface area contributed by atoms with Gasteiger partial charge in [0.1, 0.15) is 17.0 Å². The molecular weight excluding hydrogens is 404 g/mol. The fourth-order valence-electron chi connectivity index (χ4n) is 4.99. The minimum Gasteiger partial charge on any atom is -0.497 e. The molecule has 2 amide bonds. The van der Waals surface area contributed by atoms with Crippen LogP contribution in [0, 0.1) is 0 Å². The quantitative estimate of drug-likeness (QED) is 0.669. The second kappa shape index (κ2) is 7.97. The van der Waals surface area contributed by atoms with E-state index in [-0.39, 0.29) is 17.9 Å². The van der Waals surface area contributed by atoms with Gasteiger partial charge >= 0.3 is 0 Å². The van der Waals surface area contributed by atoms with E-state index in [1.165, 1.54) is 0 Å². The third kappa shape index (κ3) is 3.42. The minimum absolute atomic E-state index is 0.1000. The van der Waals surface area contributed by atoms with Crippen LogP contribution in [0.15, 0.2) is 48.8 Å². The molecule has 5 rings (SSSR count). The van der Waals surface area contributed by atoms with Crippen molar-refractivity contribution in [3.63, 3.8) is 0 Å². The summed E-state index contributed by atoms with van der Waals surface area (Å²) in [7, 11) is 1.63. The molecule has 166 valence electrons. The molecule has 2 aromatic heterocycles. The van der Waals surface area contributed by atoms with Gasteiger partial charge in [0.15, 0.2) is 0 Å². The summed E-state index contributed by atoms with van der Waals surface area (Å²) in [5, 5.41) is 4.19. The maximum atomic E-state index is 13.8. The van der Waals surface area contributed by atoms with Gasteiger partial charge < -0.3 is 19.5 Å². The number of hydrogen-bond donors (Lipinski definition) is 1. The Morgan fingerprint density at radius 2 is 2.06 bits per heavy atom. The lowest BCUT2D eigenvalue weighted by molar-refractivity contribution is -0.133. The lowest BCUT2D eigenvalue weighted by Gasteiger charge is -2.44. The molecule has 1 unspecified atom stereocenters. The van der Waals surface area contributed by atoms with Gasteiger partial charge in [-0.1, -0.05) is 18.9 Å². The monoisotopic (exact) mass is 432 g/mol. The van der Waals surface area contributed by atoms with Crippen LogP contribution in [0.25, 0.3) is 10.9 Å². The SMILES string of the molecule is COc1ccc2cc3n(c2c1)CC(C)(C(=O)NC1CCCC1)N(Cc1cccnc1)C3=O. The van der Waals surface area contributed by atoms with E-state index >= 15 is 0 Å². The van der Waals surface area contributed by atoms with Gasteiger partial charge in [-0.05, 0) is 49.6 Å². The second-order valence-corrected chi connectivity index (χ2v) is 9.02. The Bertz CT molecular complexity index is 1170. The van der Waals surface area contributed by atoms with Crippen molar-refractivity contribution >= 4 is 22.7 Å². The van der Waals surface area contributed by atoms with Crippen LogP contribution in [-0.2, 0) is 17.9 Å². The van der Waals surface area contributed by atoms with Gasteiger partial charge in [0, 0.05) is 36.4 Å². The Kier molecular flexibility index (Phi) is 5.12. The summed E-state index contributed by atoms with van der Waals surface area (Å²) in [6.07, 6.45) is 7.70. The molecule has 0 radical (unpaired) electrons. The molecule has 1 aromatic carbocycles. The fraction of sp³-hybridized carbons (Fsp3) is 0.400. The van der Waals surface area contributed by atoms with Crippen molar-refractivity contribution in [2.45, 2.75) is 57.3 Å². The number of aromatic nitrogens is 2. The topological polar surface area (TPSA) is 76.5 Å². The van der Waals surface area contributed by atoms with Crippen molar-refractivity contribution in [1.29, 1.82) is 0 Å². The lowest BCUT2D eigenvalue weighted by Crippen LogP contribution is -2.64. The van der Waals surface area contributed by atoms with Crippen molar-refractivity contribution in [2.24, 2.45) is 0 Å². The fourth-order valence-corrected chi connectivity index (χ4v) is 4.99. The summed E-state index contributed by atoms with van der Waals surface area (Å²) in [5.41, 5.74) is 1.35. The molecule has 0 saturated heterocycles. The van der Waals surface area contributed by atoms with Crippen LogP contribution in [0.3, 0.4) is 0 Å². The van der Waals surface area contributed by atoms with Crippen LogP contribution in [0.4, 0.5) is 0 Å². The number of nitrogens with one attached hydrogen (secondary N) is 1. The van der Waals surface area contributed by atoms with E-state index < -0.39 is 5.54 Å². The zero-order valence-electron chi connectivity index (χ0n) is 18.5. The predicted octanol–water partition coefficient (Wildman–Crippen LogP) is 3.52. The zero-order chi connectivity index (χ0) is 22.3. The molecular formula is C25H28N4O3. The molecule has 1 aliphatic carbocycles. The van der Waals surface area contributed by atoms with Crippen LogP contribution < -0.4 is 10.1 Å². The number of fused-ring (bicyclic) bond motifs is 3. The third-order valence-electron chi connectivity index (χ3n) is 6.88. The Morgan fingerprint density at radius 1 is 1.25 bits per heavy atom. The van der Waals surface area contributed by atoms with E-state index in [1.807, 2.05) is 47.9 Å². The first-order chi connectivity index (χ1) is 15.5. The first-order valence-electron chi connectivity index (χ1n) is 11.2. The third-order valence-corrected chi connectivity index (χ3v) is 6.88. The summed E-state index contributed by atoms with van der Waals surface area (Å²) in [6, 6.07) is 11.6. The molecule has 1 fully saturated rings. The van der Waals surface area contributed by atoms with Crippen molar-refractivity contribution in [3.05, 3.63) is 60.0 Å². The highest BCUT2D eigenvalue weighted by Gasteiger charge is 2.48. The molecule has 1 atom stereocenters. The Balaban J connectivity index is 1.58. The average molecular weight is 433 g/mol. The number of methoxy groups -OCH3 is 1. The molecule has 0 bridgehead atoms. The van der Waals surface area contributed by atoms with Gasteiger partial charge in [-0.2, -0.15) is 0 Å². The molecule has 3 heterocycles. The van der Waals surface area contributed by atoms with E-state index in [2.05, 4.69) is 10.3 Å². The average Bonchev–Trinajstić information content (AvgIpc) is 3.45. The van der Waals surface area contributed by atoms with Crippen molar-refractivity contribution < 1.29 is 14.3 Å². The highest BCUT2D eigenvalue weighted by Crippen LogP contribution is 2.35. The first-order valence-corrected chi connectivity index (χ1v) is 11.2. The van der Waals surface area contributed by atoms with Crippen molar-refractivity contribution in [2.75, 3.05) is 7.11 Å². The molecule has 7 nitrogen and oxygen atoms in total. The van der Waals surface area contributed by atoms with Gasteiger partial charge in [-0.15, -0.1) is 0 Å². The summed E-state index contributed by atoms with van der Waals surface area (Å²) in [6.45, 7) is 2.58. The lowest BCUT2D eigenvalue weighted by atomic mass is 9.93. The summed E-state index contributed by atoms with van der Waals surface area (Å²) in [5.74, 6) is 0.470. The van der Waals surface area contributed by atoms with Gasteiger partial charge in [0.05, 0.1) is 19.2 Å². The number of benzene rings is 1. The molecule has 32 heavy (non-hydrogen) atoms. The first kappa shape index (κ1) is 20.5. The van der Waals surface area contributed by atoms with Crippen LogP contribution in [0.1, 0.15) is 48.7 Å². The maximum absolute atomic E-state index is 13.8. The Morgan fingerprint density at radius 3 is 2.78 bits per heavy atom. The van der Waals surface area contributed by atoms with Gasteiger partial charge in [-0.25, -0.2) is 0 Å². The summed E-state index contributed by atoms with van der Waals surface area (Å²) >= 11 is 0. The Hall–Kier alpha value is -3.35. The van der Waals surface area contributed by atoms with E-state index in [0.29, 0.717) is 18.8 Å². The van der Waals surface area contributed by atoms with Crippen LogP contribution in [0.5, 0.6) is 5.75 Å². The minimum atomic E-state index is -1.03. The highest BCUT2D eigenvalue weighted by molar-refractivity contribution is 6.03. The standard InChI is InChI=1S/C25H28N4O3/c1-25(24(31)27-19-7-3-4-8-19)16-28-21-13-20(32-2)10-9-18(21)12-22(28)23(30)29(25)15-17-6-5-11-26-14-17/h5-6,9-14,19H,3-4,7-8,15-16H2,1-2H3,(H,27,31). The van der Waals surface area contributed by atoms with Gasteiger partial charge in [0.25, 0.3) is 5.91 Å². The number of ether oxygens (including phenoxy) is 1. The Labute approximate surface area is 187 Å². The second-order valence-electron chi connectivity index (χ2n) is 9.02. The molecule has 0 spiro atoms. The molecule has 1 saturated carbocycles. The molecule has 7 heteroatoms.